The summed E-state index contributed by atoms with van der Waals surface area (Å²) in [4.78, 5) is 9.77. The van der Waals surface area contributed by atoms with E-state index in [1.165, 1.54) is 51.0 Å². The molecule has 0 aromatic heterocycles. The van der Waals surface area contributed by atoms with Gasteiger partial charge < -0.3 is 4.74 Å². The zero-order chi connectivity index (χ0) is 16.0. The normalized spacial score (nSPS) is 11.0. The fourth-order valence-corrected chi connectivity index (χ4v) is 2.25. The maximum Gasteiger partial charge on any atom is 0.235 e. The first-order valence-corrected chi connectivity index (χ1v) is 8.27. The van der Waals surface area contributed by atoms with E-state index in [2.05, 4.69) is 6.92 Å². The lowest BCUT2D eigenvalue weighted by molar-refractivity contribution is -0.400. The van der Waals surface area contributed by atoms with Crippen molar-refractivity contribution in [2.45, 2.75) is 58.3 Å². The Balaban J connectivity index is 2.09. The van der Waals surface area contributed by atoms with Crippen LogP contribution in [0, 0.1) is 10.1 Å². The highest BCUT2D eigenvalue weighted by molar-refractivity contribution is 5.49. The third-order valence-corrected chi connectivity index (χ3v) is 3.54. The summed E-state index contributed by atoms with van der Waals surface area (Å²) < 4.78 is 5.67. The zero-order valence-corrected chi connectivity index (χ0v) is 13.5. The first-order valence-electron chi connectivity index (χ1n) is 8.27. The molecule has 0 aliphatic rings. The van der Waals surface area contributed by atoms with Crippen LogP contribution >= 0.6 is 0 Å². The second-order valence-electron chi connectivity index (χ2n) is 5.49. The summed E-state index contributed by atoms with van der Waals surface area (Å²) in [5, 5.41) is 10.2. The highest BCUT2D eigenvalue weighted by Crippen LogP contribution is 2.14. The third kappa shape index (κ3) is 9.16. The van der Waals surface area contributed by atoms with Gasteiger partial charge in [-0.25, -0.2) is 0 Å². The van der Waals surface area contributed by atoms with E-state index in [1.807, 2.05) is 24.3 Å². The van der Waals surface area contributed by atoms with Crippen LogP contribution < -0.4 is 4.74 Å². The van der Waals surface area contributed by atoms with Gasteiger partial charge in [-0.15, -0.1) is 0 Å². The number of hydrogen-bond donors (Lipinski definition) is 0. The summed E-state index contributed by atoms with van der Waals surface area (Å²) in [6.07, 6.45) is 12.7. The topological polar surface area (TPSA) is 52.4 Å². The average molecular weight is 305 g/mol. The Hall–Kier alpha value is -1.84. The lowest BCUT2D eigenvalue weighted by atomic mass is 10.1. The van der Waals surface area contributed by atoms with Gasteiger partial charge in [-0.1, -0.05) is 64.0 Å². The van der Waals surface area contributed by atoms with Crippen molar-refractivity contribution in [3.05, 3.63) is 46.1 Å². The van der Waals surface area contributed by atoms with Crippen molar-refractivity contribution >= 4 is 6.08 Å². The van der Waals surface area contributed by atoms with Gasteiger partial charge in [-0.05, 0) is 24.1 Å². The van der Waals surface area contributed by atoms with E-state index < -0.39 is 4.92 Å². The van der Waals surface area contributed by atoms with Gasteiger partial charge in [0.2, 0.25) is 6.20 Å². The molecule has 4 heteroatoms. The van der Waals surface area contributed by atoms with Crippen LogP contribution in [0.5, 0.6) is 5.75 Å². The Kier molecular flexibility index (Phi) is 9.75. The quantitative estimate of drug-likeness (QED) is 0.293. The third-order valence-electron chi connectivity index (χ3n) is 3.54. The van der Waals surface area contributed by atoms with Crippen LogP contribution in [0.4, 0.5) is 0 Å². The second-order valence-corrected chi connectivity index (χ2v) is 5.49. The number of nitro groups is 1. The Bertz CT molecular complexity index is 440. The van der Waals surface area contributed by atoms with E-state index in [0.29, 0.717) is 0 Å². The van der Waals surface area contributed by atoms with Crippen LogP contribution in [-0.2, 0) is 0 Å². The molecule has 0 bridgehead atoms. The Morgan fingerprint density at radius 2 is 1.59 bits per heavy atom. The summed E-state index contributed by atoms with van der Waals surface area (Å²) in [5.74, 6) is 0.821. The molecule has 22 heavy (non-hydrogen) atoms. The van der Waals surface area contributed by atoms with E-state index in [0.717, 1.165) is 30.5 Å². The highest BCUT2D eigenvalue weighted by Gasteiger charge is 1.96. The summed E-state index contributed by atoms with van der Waals surface area (Å²) in [5.41, 5.74) is 0.802. The lowest BCUT2D eigenvalue weighted by Crippen LogP contribution is -1.97. The van der Waals surface area contributed by atoms with Crippen LogP contribution in [0.15, 0.2) is 30.5 Å². The smallest absolute Gasteiger partial charge is 0.235 e. The van der Waals surface area contributed by atoms with Crippen molar-refractivity contribution in [1.82, 2.24) is 0 Å². The van der Waals surface area contributed by atoms with Gasteiger partial charge in [-0.2, -0.15) is 0 Å². The minimum atomic E-state index is -0.466. The van der Waals surface area contributed by atoms with Gasteiger partial charge in [0.15, 0.2) is 0 Å². The van der Waals surface area contributed by atoms with Crippen molar-refractivity contribution in [3.63, 3.8) is 0 Å². The largest absolute Gasteiger partial charge is 0.494 e. The Labute approximate surface area is 133 Å². The number of nitrogens with zero attached hydrogens (tertiary/aromatic N) is 1. The van der Waals surface area contributed by atoms with Crippen LogP contribution in [0.25, 0.3) is 6.08 Å². The Morgan fingerprint density at radius 3 is 2.18 bits per heavy atom. The van der Waals surface area contributed by atoms with Crippen molar-refractivity contribution in [2.24, 2.45) is 0 Å². The SMILES string of the molecule is CCCCCCCCCCOc1ccc(/C=C\[N+](=O)[O-])cc1. The Morgan fingerprint density at radius 1 is 1.00 bits per heavy atom. The molecule has 0 amide bonds. The predicted molar refractivity (Wildman–Crippen MR) is 90.6 cm³/mol. The van der Waals surface area contributed by atoms with Crippen LogP contribution in [0.2, 0.25) is 0 Å². The van der Waals surface area contributed by atoms with Gasteiger partial charge >= 0.3 is 0 Å². The fraction of sp³-hybridized carbons (Fsp3) is 0.556. The monoisotopic (exact) mass is 305 g/mol. The van der Waals surface area contributed by atoms with E-state index in [4.69, 9.17) is 4.74 Å². The molecule has 0 fully saturated rings. The van der Waals surface area contributed by atoms with Gasteiger partial charge in [0.25, 0.3) is 0 Å². The molecule has 0 saturated heterocycles. The number of rotatable bonds is 12. The molecule has 1 aromatic rings. The minimum absolute atomic E-state index is 0.466. The molecule has 0 radical (unpaired) electrons. The maximum atomic E-state index is 10.2. The van der Waals surface area contributed by atoms with Gasteiger partial charge in [0.05, 0.1) is 11.5 Å². The first kappa shape index (κ1) is 18.2. The van der Waals surface area contributed by atoms with Gasteiger partial charge in [0, 0.05) is 6.08 Å². The lowest BCUT2D eigenvalue weighted by Gasteiger charge is -2.06. The van der Waals surface area contributed by atoms with Gasteiger partial charge in [-0.3, -0.25) is 10.1 Å². The van der Waals surface area contributed by atoms with Crippen LogP contribution in [-0.4, -0.2) is 11.5 Å². The molecule has 0 unspecified atom stereocenters. The maximum absolute atomic E-state index is 10.2. The standard InChI is InChI=1S/C18H27NO3/c1-2-3-4-5-6-7-8-9-16-22-18-12-10-17(11-13-18)14-15-19(20)21/h10-15H,2-9,16H2,1H3/b15-14-. The minimum Gasteiger partial charge on any atom is -0.494 e. The molecule has 0 aliphatic heterocycles. The van der Waals surface area contributed by atoms with Crippen molar-refractivity contribution in [1.29, 1.82) is 0 Å². The number of ether oxygens (including phenoxy) is 1. The second kappa shape index (κ2) is 11.8. The highest BCUT2D eigenvalue weighted by atomic mass is 16.6. The van der Waals surface area contributed by atoms with Crippen molar-refractivity contribution in [3.8, 4) is 5.75 Å². The number of benzene rings is 1. The molecule has 4 nitrogen and oxygen atoms in total. The first-order chi connectivity index (χ1) is 10.7. The molecule has 0 heterocycles. The molecule has 1 rings (SSSR count). The van der Waals surface area contributed by atoms with E-state index in [1.54, 1.807) is 0 Å². The van der Waals surface area contributed by atoms with E-state index >= 15 is 0 Å². The molecule has 0 saturated carbocycles. The molecule has 122 valence electrons. The molecule has 0 aliphatic carbocycles. The van der Waals surface area contributed by atoms with Gasteiger partial charge in [0.1, 0.15) is 5.75 Å². The van der Waals surface area contributed by atoms with Crippen LogP contribution in [0.1, 0.15) is 63.9 Å². The molecular formula is C18H27NO3. The van der Waals surface area contributed by atoms with E-state index in [9.17, 15) is 10.1 Å². The molecule has 0 atom stereocenters. The summed E-state index contributed by atoms with van der Waals surface area (Å²) in [7, 11) is 0. The van der Waals surface area contributed by atoms with E-state index in [-0.39, 0.29) is 0 Å². The van der Waals surface area contributed by atoms with Crippen LogP contribution in [0.3, 0.4) is 0 Å². The number of hydrogen-bond acceptors (Lipinski definition) is 3. The van der Waals surface area contributed by atoms with Crippen molar-refractivity contribution in [2.75, 3.05) is 6.61 Å². The van der Waals surface area contributed by atoms with Crippen molar-refractivity contribution < 1.29 is 9.66 Å². The predicted octanol–water partition coefficient (Wildman–Crippen LogP) is 5.45. The number of unbranched alkanes of at least 4 members (excludes halogenated alkanes) is 7. The molecular weight excluding hydrogens is 278 g/mol. The molecule has 1 aromatic carbocycles. The summed E-state index contributed by atoms with van der Waals surface area (Å²) >= 11 is 0. The average Bonchev–Trinajstić information content (AvgIpc) is 2.52. The zero-order valence-electron chi connectivity index (χ0n) is 13.5. The molecule has 0 spiro atoms. The molecule has 0 N–H and O–H groups in total. The fourth-order valence-electron chi connectivity index (χ4n) is 2.25. The summed E-state index contributed by atoms with van der Waals surface area (Å²) in [6, 6.07) is 7.35. The summed E-state index contributed by atoms with van der Waals surface area (Å²) in [6.45, 7) is 2.97.